The van der Waals surface area contributed by atoms with Gasteiger partial charge in [0.2, 0.25) is 11.1 Å². The summed E-state index contributed by atoms with van der Waals surface area (Å²) in [5.74, 6) is -1.86. The maximum absolute atomic E-state index is 12.6. The Bertz CT molecular complexity index is 1360. The van der Waals surface area contributed by atoms with Crippen molar-refractivity contribution in [2.45, 2.75) is 20.0 Å². The predicted octanol–water partition coefficient (Wildman–Crippen LogP) is 2.50. The fourth-order valence-electron chi connectivity index (χ4n) is 2.91. The zero-order chi connectivity index (χ0) is 24.1. The van der Waals surface area contributed by atoms with E-state index in [1.165, 1.54) is 38.1 Å². The van der Waals surface area contributed by atoms with Crippen LogP contribution >= 0.6 is 0 Å². The first kappa shape index (κ1) is 22.8. The molecule has 3 rings (SSSR count). The number of nitrogens with zero attached hydrogens (tertiary/aromatic N) is 4. The van der Waals surface area contributed by atoms with Crippen molar-refractivity contribution in [1.82, 2.24) is 9.78 Å². The molecule has 33 heavy (non-hydrogen) atoms. The minimum Gasteiger partial charge on any atom is -0.448 e. The molecule has 0 fully saturated rings. The van der Waals surface area contributed by atoms with E-state index >= 15 is 0 Å². The van der Waals surface area contributed by atoms with E-state index in [-0.39, 0.29) is 17.1 Å². The number of carbonyl (C=O) groups is 2. The van der Waals surface area contributed by atoms with Crippen LogP contribution in [0, 0.1) is 28.4 Å². The number of anilines is 1. The van der Waals surface area contributed by atoms with Crippen molar-refractivity contribution < 1.29 is 19.2 Å². The molecule has 0 bridgehead atoms. The number of esters is 1. The number of rotatable bonds is 6. The minimum atomic E-state index is -1.30. The van der Waals surface area contributed by atoms with Gasteiger partial charge < -0.3 is 10.1 Å². The molecule has 166 valence electrons. The monoisotopic (exact) mass is 447 g/mol. The Labute approximate surface area is 187 Å². The van der Waals surface area contributed by atoms with E-state index in [4.69, 9.17) is 10.00 Å². The standard InChI is InChI=1S/C22H17N5O6/c1-13-10-19(28)20(25-26(13)17-8-3-4-9-18(17)27(31)32)22(30)33-14(2)21(29)24-16-7-5-6-15(11-16)12-23/h3-11,14H,1-2H3,(H,24,29). The number of carbonyl (C=O) groups excluding carboxylic acids is 2. The Balaban J connectivity index is 1.85. The molecule has 2 aromatic carbocycles. The fourth-order valence-corrected chi connectivity index (χ4v) is 2.91. The number of aromatic nitrogens is 2. The van der Waals surface area contributed by atoms with Gasteiger partial charge in [-0.25, -0.2) is 9.48 Å². The highest BCUT2D eigenvalue weighted by atomic mass is 16.6. The number of nitro benzene ring substituents is 1. The lowest BCUT2D eigenvalue weighted by Gasteiger charge is -2.14. The summed E-state index contributed by atoms with van der Waals surface area (Å²) in [5, 5.41) is 26.8. The van der Waals surface area contributed by atoms with Crippen molar-refractivity contribution >= 4 is 23.3 Å². The van der Waals surface area contributed by atoms with E-state index in [9.17, 15) is 24.5 Å². The first-order valence-corrected chi connectivity index (χ1v) is 9.58. The topological polar surface area (TPSA) is 157 Å². The summed E-state index contributed by atoms with van der Waals surface area (Å²) in [7, 11) is 0. The van der Waals surface area contributed by atoms with Crippen LogP contribution in [0.1, 0.15) is 28.7 Å². The molecule has 0 aliphatic carbocycles. The predicted molar refractivity (Wildman–Crippen MR) is 116 cm³/mol. The molecule has 3 aromatic rings. The highest BCUT2D eigenvalue weighted by Crippen LogP contribution is 2.22. The van der Waals surface area contributed by atoms with Gasteiger partial charge in [0, 0.05) is 23.5 Å². The molecule has 0 aliphatic rings. The van der Waals surface area contributed by atoms with Crippen LogP contribution < -0.4 is 10.7 Å². The number of nitro groups is 1. The first-order chi connectivity index (χ1) is 15.7. The van der Waals surface area contributed by atoms with Crippen LogP contribution in [-0.2, 0) is 9.53 Å². The number of aryl methyl sites for hydroxylation is 1. The largest absolute Gasteiger partial charge is 0.448 e. The summed E-state index contributed by atoms with van der Waals surface area (Å²) in [6.45, 7) is 2.81. The average molecular weight is 447 g/mol. The molecular weight excluding hydrogens is 430 g/mol. The van der Waals surface area contributed by atoms with Crippen molar-refractivity contribution in [2.75, 3.05) is 5.32 Å². The van der Waals surface area contributed by atoms with Crippen LogP contribution in [0.4, 0.5) is 11.4 Å². The number of benzene rings is 2. The Morgan fingerprint density at radius 2 is 1.94 bits per heavy atom. The van der Waals surface area contributed by atoms with E-state index < -0.39 is 34.0 Å². The lowest BCUT2D eigenvalue weighted by atomic mass is 10.2. The van der Waals surface area contributed by atoms with Crippen LogP contribution in [0.5, 0.6) is 0 Å². The fraction of sp³-hybridized carbons (Fsp3) is 0.136. The van der Waals surface area contributed by atoms with Gasteiger partial charge in [-0.05, 0) is 38.1 Å². The van der Waals surface area contributed by atoms with Gasteiger partial charge in [-0.1, -0.05) is 18.2 Å². The second-order valence-electron chi connectivity index (χ2n) is 6.89. The van der Waals surface area contributed by atoms with Crippen LogP contribution in [0.2, 0.25) is 0 Å². The normalized spacial score (nSPS) is 11.2. The Kier molecular flexibility index (Phi) is 6.59. The quantitative estimate of drug-likeness (QED) is 0.343. The smallest absolute Gasteiger partial charge is 0.363 e. The van der Waals surface area contributed by atoms with E-state index in [1.54, 1.807) is 24.3 Å². The Hall–Kier alpha value is -4.85. The highest BCUT2D eigenvalue weighted by molar-refractivity contribution is 5.96. The molecule has 1 unspecified atom stereocenters. The summed E-state index contributed by atoms with van der Waals surface area (Å²) in [6.07, 6.45) is -1.30. The SMILES string of the molecule is Cc1cc(=O)c(C(=O)OC(C)C(=O)Nc2cccc(C#N)c2)nn1-c1ccccc1[N+](=O)[O-]. The van der Waals surface area contributed by atoms with Crippen LogP contribution in [0.3, 0.4) is 0 Å². The van der Waals surface area contributed by atoms with Gasteiger partial charge in [-0.2, -0.15) is 10.4 Å². The van der Waals surface area contributed by atoms with Crippen LogP contribution in [0.25, 0.3) is 5.69 Å². The van der Waals surface area contributed by atoms with E-state index in [0.29, 0.717) is 11.3 Å². The molecule has 11 heteroatoms. The maximum Gasteiger partial charge on any atom is 0.363 e. The van der Waals surface area contributed by atoms with Gasteiger partial charge in [0.15, 0.2) is 6.10 Å². The molecule has 1 heterocycles. The molecule has 11 nitrogen and oxygen atoms in total. The van der Waals surface area contributed by atoms with Gasteiger partial charge >= 0.3 is 5.97 Å². The lowest BCUT2D eigenvalue weighted by molar-refractivity contribution is -0.384. The summed E-state index contributed by atoms with van der Waals surface area (Å²) in [6, 6.07) is 14.9. The summed E-state index contributed by atoms with van der Waals surface area (Å²) in [5.41, 5.74) is -0.702. The van der Waals surface area contributed by atoms with Crippen molar-refractivity contribution in [2.24, 2.45) is 0 Å². The molecule has 0 spiro atoms. The Morgan fingerprint density at radius 3 is 2.64 bits per heavy atom. The van der Waals surface area contributed by atoms with Gasteiger partial charge in [0.25, 0.3) is 11.6 Å². The van der Waals surface area contributed by atoms with Crippen molar-refractivity contribution in [1.29, 1.82) is 5.26 Å². The zero-order valence-electron chi connectivity index (χ0n) is 17.5. The van der Waals surface area contributed by atoms with E-state index in [0.717, 1.165) is 10.7 Å². The number of nitriles is 1. The van der Waals surface area contributed by atoms with Crippen LogP contribution in [-0.4, -0.2) is 32.7 Å². The summed E-state index contributed by atoms with van der Waals surface area (Å²) < 4.78 is 6.18. The number of para-hydroxylation sites is 2. The summed E-state index contributed by atoms with van der Waals surface area (Å²) >= 11 is 0. The van der Waals surface area contributed by atoms with Crippen LogP contribution in [0.15, 0.2) is 59.4 Å². The van der Waals surface area contributed by atoms with E-state index in [2.05, 4.69) is 10.4 Å². The van der Waals surface area contributed by atoms with Gasteiger partial charge in [0.1, 0.15) is 5.69 Å². The van der Waals surface area contributed by atoms with Gasteiger partial charge in [-0.15, -0.1) is 0 Å². The third kappa shape index (κ3) is 5.08. The number of ether oxygens (including phenoxy) is 1. The lowest BCUT2D eigenvalue weighted by Crippen LogP contribution is -2.32. The first-order valence-electron chi connectivity index (χ1n) is 9.58. The number of hydrogen-bond donors (Lipinski definition) is 1. The number of amides is 1. The molecule has 1 aromatic heterocycles. The van der Waals surface area contributed by atoms with Crippen molar-refractivity contribution in [3.63, 3.8) is 0 Å². The zero-order valence-corrected chi connectivity index (χ0v) is 17.5. The van der Waals surface area contributed by atoms with Gasteiger partial charge in [-0.3, -0.25) is 19.7 Å². The molecule has 0 saturated heterocycles. The van der Waals surface area contributed by atoms with E-state index in [1.807, 2.05) is 6.07 Å². The maximum atomic E-state index is 12.6. The second-order valence-corrected chi connectivity index (χ2v) is 6.89. The molecule has 1 amide bonds. The summed E-state index contributed by atoms with van der Waals surface area (Å²) in [4.78, 5) is 48.1. The molecule has 1 atom stereocenters. The third-order valence-electron chi connectivity index (χ3n) is 4.52. The molecular formula is C22H17N5O6. The number of hydrogen-bond acceptors (Lipinski definition) is 8. The molecule has 0 saturated carbocycles. The molecule has 1 N–H and O–H groups in total. The Morgan fingerprint density at radius 1 is 1.21 bits per heavy atom. The average Bonchev–Trinajstić information content (AvgIpc) is 2.79. The second kappa shape index (κ2) is 9.52. The van der Waals surface area contributed by atoms with Crippen molar-refractivity contribution in [3.05, 3.63) is 91.9 Å². The third-order valence-corrected chi connectivity index (χ3v) is 4.52. The highest BCUT2D eigenvalue weighted by Gasteiger charge is 2.24. The number of nitrogens with one attached hydrogen (secondary N) is 1. The van der Waals surface area contributed by atoms with Gasteiger partial charge in [0.05, 0.1) is 16.6 Å². The molecule has 0 radical (unpaired) electrons. The minimum absolute atomic E-state index is 0.0530. The van der Waals surface area contributed by atoms with Crippen molar-refractivity contribution in [3.8, 4) is 11.8 Å². The molecule has 0 aliphatic heterocycles.